The van der Waals surface area contributed by atoms with Crippen molar-refractivity contribution in [2.45, 2.75) is 28.9 Å². The van der Waals surface area contributed by atoms with Gasteiger partial charge >= 0.3 is 0 Å². The van der Waals surface area contributed by atoms with Gasteiger partial charge in [-0.05, 0) is 69.2 Å². The largest absolute Gasteiger partial charge is 0.409 e. The summed E-state index contributed by atoms with van der Waals surface area (Å²) in [5.41, 5.74) is 6.20. The van der Waals surface area contributed by atoms with E-state index in [1.165, 1.54) is 11.8 Å². The summed E-state index contributed by atoms with van der Waals surface area (Å²) in [4.78, 5) is 0.969. The number of aromatic nitrogens is 4. The lowest BCUT2D eigenvalue weighted by atomic mass is 10.2. The van der Waals surface area contributed by atoms with Crippen molar-refractivity contribution in [1.29, 1.82) is 0 Å². The van der Waals surface area contributed by atoms with Crippen molar-refractivity contribution >= 4 is 33.5 Å². The Balaban J connectivity index is 1.85. The number of rotatable bonds is 4. The Hall–Kier alpha value is -1.61. The first-order valence-electron chi connectivity index (χ1n) is 5.92. The summed E-state index contributed by atoms with van der Waals surface area (Å²) >= 11 is 4.96. The molecule has 9 heteroatoms. The standard InChI is InChI=1S/C11H11BrN6OS/c12-8-5-6(10(13)15-19)1-4-9(8)20-11-14-16-17-18(11)7-2-3-7/h1,4-5,7,19H,2-3H2,(H2,13,15). The van der Waals surface area contributed by atoms with Gasteiger partial charge in [-0.1, -0.05) is 5.16 Å². The van der Waals surface area contributed by atoms with E-state index in [1.807, 2.05) is 10.7 Å². The summed E-state index contributed by atoms with van der Waals surface area (Å²) in [7, 11) is 0. The van der Waals surface area contributed by atoms with Crippen molar-refractivity contribution in [2.24, 2.45) is 10.9 Å². The van der Waals surface area contributed by atoms with E-state index in [0.29, 0.717) is 11.6 Å². The van der Waals surface area contributed by atoms with E-state index in [9.17, 15) is 0 Å². The van der Waals surface area contributed by atoms with Crippen LogP contribution in [-0.2, 0) is 0 Å². The third-order valence-corrected chi connectivity index (χ3v) is 4.84. The number of oxime groups is 1. The van der Waals surface area contributed by atoms with Crippen LogP contribution in [0.25, 0.3) is 0 Å². The van der Waals surface area contributed by atoms with Crippen molar-refractivity contribution in [1.82, 2.24) is 20.2 Å². The van der Waals surface area contributed by atoms with Crippen LogP contribution in [0.1, 0.15) is 24.4 Å². The molecule has 1 saturated carbocycles. The second-order valence-corrected chi connectivity index (χ2v) is 6.23. The quantitative estimate of drug-likeness (QED) is 0.377. The minimum Gasteiger partial charge on any atom is -0.409 e. The van der Waals surface area contributed by atoms with Crippen LogP contribution in [-0.4, -0.2) is 31.3 Å². The summed E-state index contributed by atoms with van der Waals surface area (Å²) in [5.74, 6) is 0.0741. The molecule has 1 fully saturated rings. The molecule has 0 radical (unpaired) electrons. The maximum atomic E-state index is 8.67. The topological polar surface area (TPSA) is 102 Å². The molecule has 3 rings (SSSR count). The molecule has 0 atom stereocenters. The molecular weight excluding hydrogens is 344 g/mol. The molecule has 20 heavy (non-hydrogen) atoms. The van der Waals surface area contributed by atoms with Gasteiger partial charge in [0.2, 0.25) is 5.16 Å². The summed E-state index contributed by atoms with van der Waals surface area (Å²) < 4.78 is 2.70. The van der Waals surface area contributed by atoms with Crippen LogP contribution in [0.5, 0.6) is 0 Å². The van der Waals surface area contributed by atoms with Gasteiger partial charge in [0, 0.05) is 14.9 Å². The Morgan fingerprint density at radius 3 is 2.95 bits per heavy atom. The number of amidine groups is 1. The number of nitrogens with two attached hydrogens (primary N) is 1. The highest BCUT2D eigenvalue weighted by atomic mass is 79.9. The zero-order chi connectivity index (χ0) is 14.1. The fourth-order valence-corrected chi connectivity index (χ4v) is 3.17. The van der Waals surface area contributed by atoms with Crippen molar-refractivity contribution in [2.75, 3.05) is 0 Å². The highest BCUT2D eigenvalue weighted by Gasteiger charge is 2.28. The number of halogens is 1. The highest BCUT2D eigenvalue weighted by molar-refractivity contribution is 9.10. The molecule has 1 heterocycles. The van der Waals surface area contributed by atoms with Gasteiger partial charge < -0.3 is 10.9 Å². The molecule has 1 aliphatic carbocycles. The maximum absolute atomic E-state index is 8.67. The fraction of sp³-hybridized carbons (Fsp3) is 0.273. The van der Waals surface area contributed by atoms with Gasteiger partial charge in [-0.25, -0.2) is 4.68 Å². The molecule has 104 valence electrons. The Morgan fingerprint density at radius 1 is 1.50 bits per heavy atom. The van der Waals surface area contributed by atoms with Gasteiger partial charge in [0.1, 0.15) is 0 Å². The van der Waals surface area contributed by atoms with Crippen molar-refractivity contribution < 1.29 is 5.21 Å². The van der Waals surface area contributed by atoms with E-state index in [-0.39, 0.29) is 5.84 Å². The van der Waals surface area contributed by atoms with E-state index < -0.39 is 0 Å². The summed E-state index contributed by atoms with van der Waals surface area (Å²) in [6, 6.07) is 5.90. The van der Waals surface area contributed by atoms with E-state index in [1.54, 1.807) is 12.1 Å². The van der Waals surface area contributed by atoms with E-state index >= 15 is 0 Å². The summed E-state index contributed by atoms with van der Waals surface area (Å²) in [5, 5.41) is 24.2. The molecule has 0 amide bonds. The predicted octanol–water partition coefficient (Wildman–Crippen LogP) is 2.02. The van der Waals surface area contributed by atoms with Gasteiger partial charge in [0.25, 0.3) is 0 Å². The van der Waals surface area contributed by atoms with Gasteiger partial charge in [-0.15, -0.1) is 5.10 Å². The van der Waals surface area contributed by atoms with Crippen molar-refractivity contribution in [3.05, 3.63) is 28.2 Å². The molecule has 3 N–H and O–H groups in total. The van der Waals surface area contributed by atoms with Crippen LogP contribution in [0.15, 0.2) is 37.9 Å². The average Bonchev–Trinajstić information content (AvgIpc) is 3.20. The van der Waals surface area contributed by atoms with Crippen LogP contribution >= 0.6 is 27.7 Å². The molecular formula is C11H11BrN6OS. The lowest BCUT2D eigenvalue weighted by Gasteiger charge is -2.06. The van der Waals surface area contributed by atoms with Crippen LogP contribution in [0, 0.1) is 0 Å². The third-order valence-electron chi connectivity index (χ3n) is 2.89. The summed E-state index contributed by atoms with van der Waals surface area (Å²) in [6.07, 6.45) is 2.25. The van der Waals surface area contributed by atoms with Gasteiger partial charge in [0.05, 0.1) is 6.04 Å². The zero-order valence-electron chi connectivity index (χ0n) is 10.3. The number of hydrogen-bond acceptors (Lipinski definition) is 6. The molecule has 0 aliphatic heterocycles. The first kappa shape index (κ1) is 13.4. The van der Waals surface area contributed by atoms with E-state index in [4.69, 9.17) is 10.9 Å². The van der Waals surface area contributed by atoms with Crippen LogP contribution in [0.3, 0.4) is 0 Å². The minimum absolute atomic E-state index is 0.0741. The normalized spacial score (nSPS) is 15.6. The van der Waals surface area contributed by atoms with Crippen LogP contribution in [0.2, 0.25) is 0 Å². The second kappa shape index (κ2) is 5.41. The molecule has 2 aromatic rings. The van der Waals surface area contributed by atoms with Crippen LogP contribution in [0.4, 0.5) is 0 Å². The first-order valence-corrected chi connectivity index (χ1v) is 7.53. The monoisotopic (exact) mass is 354 g/mol. The van der Waals surface area contributed by atoms with Crippen molar-refractivity contribution in [3.63, 3.8) is 0 Å². The van der Waals surface area contributed by atoms with Gasteiger partial charge in [-0.3, -0.25) is 0 Å². The van der Waals surface area contributed by atoms with E-state index in [0.717, 1.165) is 27.4 Å². The SMILES string of the molecule is N/C(=N/O)c1ccc(Sc2nnnn2C2CC2)c(Br)c1. The Kier molecular flexibility index (Phi) is 3.62. The number of benzene rings is 1. The van der Waals surface area contributed by atoms with Crippen molar-refractivity contribution in [3.8, 4) is 0 Å². The predicted molar refractivity (Wildman–Crippen MR) is 76.9 cm³/mol. The van der Waals surface area contributed by atoms with Gasteiger partial charge in [0.15, 0.2) is 5.84 Å². The lowest BCUT2D eigenvalue weighted by Crippen LogP contribution is -2.12. The molecule has 7 nitrogen and oxygen atoms in total. The van der Waals surface area contributed by atoms with Crippen LogP contribution < -0.4 is 5.73 Å². The Bertz CT molecular complexity index is 669. The maximum Gasteiger partial charge on any atom is 0.214 e. The molecule has 1 aromatic heterocycles. The average molecular weight is 355 g/mol. The number of nitrogens with zero attached hydrogens (tertiary/aromatic N) is 5. The molecule has 1 aromatic carbocycles. The smallest absolute Gasteiger partial charge is 0.214 e. The second-order valence-electron chi connectivity index (χ2n) is 4.37. The number of tetrazole rings is 1. The molecule has 0 saturated heterocycles. The third kappa shape index (κ3) is 2.63. The van der Waals surface area contributed by atoms with Gasteiger partial charge in [-0.2, -0.15) is 0 Å². The molecule has 0 bridgehead atoms. The van der Waals surface area contributed by atoms with E-state index in [2.05, 4.69) is 36.6 Å². The minimum atomic E-state index is 0.0741. The highest BCUT2D eigenvalue weighted by Crippen LogP contribution is 2.39. The fourth-order valence-electron chi connectivity index (χ4n) is 1.70. The lowest BCUT2D eigenvalue weighted by molar-refractivity contribution is 0.318. The molecule has 1 aliphatic rings. The zero-order valence-corrected chi connectivity index (χ0v) is 12.7. The number of hydrogen-bond donors (Lipinski definition) is 2. The first-order chi connectivity index (χ1) is 9.69. The Morgan fingerprint density at radius 2 is 2.30 bits per heavy atom. The Labute approximate surface area is 127 Å². The summed E-state index contributed by atoms with van der Waals surface area (Å²) in [6.45, 7) is 0. The molecule has 0 spiro atoms. The molecule has 0 unspecified atom stereocenters.